The zero-order valence-electron chi connectivity index (χ0n) is 24.2. The van der Waals surface area contributed by atoms with Crippen LogP contribution >= 0.6 is 11.6 Å². The SMILES string of the molecule is CC(c1nc2ccccc2c(=O)n1-c1ccc(Cl)cc1)N(CCc1ccccc1)S(=O)(=O)c1ccc(C(C)(C)C)cc1. The van der Waals surface area contributed by atoms with Gasteiger partial charge < -0.3 is 0 Å². The summed E-state index contributed by atoms with van der Waals surface area (Å²) in [5.74, 6) is 0.323. The van der Waals surface area contributed by atoms with Gasteiger partial charge in [0.05, 0.1) is 27.5 Å². The Morgan fingerprint density at radius 1 is 0.857 bits per heavy atom. The molecule has 0 N–H and O–H groups in total. The molecule has 0 aliphatic heterocycles. The van der Waals surface area contributed by atoms with E-state index in [1.165, 1.54) is 8.87 Å². The maximum absolute atomic E-state index is 14.4. The number of benzene rings is 4. The minimum Gasteiger partial charge on any atom is -0.268 e. The Labute approximate surface area is 252 Å². The average Bonchev–Trinajstić information content (AvgIpc) is 2.98. The number of hydrogen-bond donors (Lipinski definition) is 0. The molecule has 1 unspecified atom stereocenters. The third kappa shape index (κ3) is 6.04. The van der Waals surface area contributed by atoms with Crippen LogP contribution in [0.5, 0.6) is 0 Å². The lowest BCUT2D eigenvalue weighted by Crippen LogP contribution is -2.38. The predicted molar refractivity (Wildman–Crippen MR) is 170 cm³/mol. The monoisotopic (exact) mass is 599 g/mol. The summed E-state index contributed by atoms with van der Waals surface area (Å²) in [5.41, 5.74) is 2.71. The van der Waals surface area contributed by atoms with Crippen LogP contribution in [0, 0.1) is 0 Å². The first-order chi connectivity index (χ1) is 20.0. The Morgan fingerprint density at radius 3 is 2.12 bits per heavy atom. The largest absolute Gasteiger partial charge is 0.268 e. The van der Waals surface area contributed by atoms with Gasteiger partial charge in [-0.3, -0.25) is 9.36 Å². The maximum Gasteiger partial charge on any atom is 0.266 e. The lowest BCUT2D eigenvalue weighted by atomic mass is 9.87. The summed E-state index contributed by atoms with van der Waals surface area (Å²) in [6.45, 7) is 8.25. The molecule has 0 saturated heterocycles. The Morgan fingerprint density at radius 2 is 1.48 bits per heavy atom. The van der Waals surface area contributed by atoms with Gasteiger partial charge in [0.1, 0.15) is 5.82 Å². The fourth-order valence-electron chi connectivity index (χ4n) is 5.07. The van der Waals surface area contributed by atoms with Crippen LogP contribution < -0.4 is 5.56 Å². The van der Waals surface area contributed by atoms with Crippen molar-refractivity contribution in [2.75, 3.05) is 6.54 Å². The molecule has 1 atom stereocenters. The van der Waals surface area contributed by atoms with Crippen molar-refractivity contribution in [3.63, 3.8) is 0 Å². The molecule has 0 saturated carbocycles. The highest BCUT2D eigenvalue weighted by atomic mass is 35.5. The van der Waals surface area contributed by atoms with E-state index in [0.29, 0.717) is 33.9 Å². The number of nitrogens with zero attached hydrogens (tertiary/aromatic N) is 3. The molecule has 8 heteroatoms. The average molecular weight is 600 g/mol. The molecule has 0 bridgehead atoms. The molecule has 5 aromatic rings. The van der Waals surface area contributed by atoms with E-state index in [-0.39, 0.29) is 22.4 Å². The fourth-order valence-corrected chi connectivity index (χ4v) is 6.79. The Kier molecular flexibility index (Phi) is 8.37. The highest BCUT2D eigenvalue weighted by Crippen LogP contribution is 2.31. The first kappa shape index (κ1) is 29.7. The summed E-state index contributed by atoms with van der Waals surface area (Å²) in [6.07, 6.45) is 0.489. The molecule has 0 spiro atoms. The minimum atomic E-state index is -4.00. The van der Waals surface area contributed by atoms with Gasteiger partial charge in [0.2, 0.25) is 10.0 Å². The van der Waals surface area contributed by atoms with Gasteiger partial charge in [-0.25, -0.2) is 13.4 Å². The summed E-state index contributed by atoms with van der Waals surface area (Å²) < 4.78 is 31.7. The number of para-hydroxylation sites is 1. The van der Waals surface area contributed by atoms with E-state index >= 15 is 0 Å². The Balaban J connectivity index is 1.67. The van der Waals surface area contributed by atoms with Crippen molar-refractivity contribution in [2.24, 2.45) is 0 Å². The zero-order chi connectivity index (χ0) is 30.1. The van der Waals surface area contributed by atoms with Crippen LogP contribution in [0.4, 0.5) is 0 Å². The van der Waals surface area contributed by atoms with E-state index < -0.39 is 16.1 Å². The van der Waals surface area contributed by atoms with Crippen LogP contribution in [-0.4, -0.2) is 28.8 Å². The topological polar surface area (TPSA) is 72.3 Å². The first-order valence-electron chi connectivity index (χ1n) is 13.9. The molecule has 5 rings (SSSR count). The Bertz CT molecular complexity index is 1860. The van der Waals surface area contributed by atoms with Crippen molar-refractivity contribution in [1.82, 2.24) is 13.9 Å². The van der Waals surface area contributed by atoms with Crippen molar-refractivity contribution < 1.29 is 8.42 Å². The van der Waals surface area contributed by atoms with E-state index in [1.54, 1.807) is 61.5 Å². The summed E-state index contributed by atoms with van der Waals surface area (Å²) in [7, 11) is -4.00. The summed E-state index contributed by atoms with van der Waals surface area (Å²) in [5, 5.41) is 0.973. The van der Waals surface area contributed by atoms with Crippen molar-refractivity contribution in [2.45, 2.75) is 50.5 Å². The van der Waals surface area contributed by atoms with E-state index in [9.17, 15) is 13.2 Å². The van der Waals surface area contributed by atoms with Crippen molar-refractivity contribution in [3.05, 3.63) is 135 Å². The third-order valence-electron chi connectivity index (χ3n) is 7.48. The number of sulfonamides is 1. The molecule has 4 aromatic carbocycles. The molecular formula is C34H34ClN3O3S. The predicted octanol–water partition coefficient (Wildman–Crippen LogP) is 7.33. The van der Waals surface area contributed by atoms with Crippen LogP contribution in [0.15, 0.2) is 113 Å². The molecule has 0 amide bonds. The number of rotatable bonds is 8. The zero-order valence-corrected chi connectivity index (χ0v) is 25.7. The quantitative estimate of drug-likeness (QED) is 0.187. The molecule has 0 radical (unpaired) electrons. The van der Waals surface area contributed by atoms with Crippen LogP contribution in [0.25, 0.3) is 16.6 Å². The maximum atomic E-state index is 14.4. The van der Waals surface area contributed by atoms with Gasteiger partial charge >= 0.3 is 0 Å². The van der Waals surface area contributed by atoms with Crippen molar-refractivity contribution >= 4 is 32.5 Å². The van der Waals surface area contributed by atoms with E-state index in [0.717, 1.165) is 11.1 Å². The van der Waals surface area contributed by atoms with Crippen LogP contribution in [0.2, 0.25) is 5.02 Å². The second-order valence-electron chi connectivity index (χ2n) is 11.4. The molecule has 0 aliphatic rings. The van der Waals surface area contributed by atoms with E-state index in [4.69, 9.17) is 16.6 Å². The highest BCUT2D eigenvalue weighted by molar-refractivity contribution is 7.89. The molecule has 0 fully saturated rings. The second kappa shape index (κ2) is 11.8. The molecule has 42 heavy (non-hydrogen) atoms. The smallest absolute Gasteiger partial charge is 0.266 e. The Hall–Kier alpha value is -3.78. The van der Waals surface area contributed by atoms with Gasteiger partial charge in [0.15, 0.2) is 0 Å². The van der Waals surface area contributed by atoms with Gasteiger partial charge in [-0.05, 0) is 78.4 Å². The summed E-state index contributed by atoms with van der Waals surface area (Å²) >= 11 is 6.16. The molecule has 216 valence electrons. The number of hydrogen-bond acceptors (Lipinski definition) is 4. The van der Waals surface area contributed by atoms with Crippen LogP contribution in [0.1, 0.15) is 50.7 Å². The minimum absolute atomic E-state index is 0.119. The normalized spacial score (nSPS) is 13.0. The number of fused-ring (bicyclic) bond motifs is 1. The van der Waals surface area contributed by atoms with Crippen LogP contribution in [0.3, 0.4) is 0 Å². The van der Waals surface area contributed by atoms with Crippen molar-refractivity contribution in [1.29, 1.82) is 0 Å². The molecule has 0 aliphatic carbocycles. The molecular weight excluding hydrogens is 566 g/mol. The van der Waals surface area contributed by atoms with Crippen LogP contribution in [-0.2, 0) is 21.9 Å². The lowest BCUT2D eigenvalue weighted by molar-refractivity contribution is 0.330. The van der Waals surface area contributed by atoms with Crippen molar-refractivity contribution in [3.8, 4) is 5.69 Å². The molecule has 1 heterocycles. The van der Waals surface area contributed by atoms with Gasteiger partial charge in [0, 0.05) is 11.6 Å². The fraction of sp³-hybridized carbons (Fsp3) is 0.235. The molecule has 6 nitrogen and oxygen atoms in total. The molecule has 1 aromatic heterocycles. The third-order valence-corrected chi connectivity index (χ3v) is 9.72. The van der Waals surface area contributed by atoms with E-state index in [1.807, 2.05) is 48.5 Å². The van der Waals surface area contributed by atoms with E-state index in [2.05, 4.69) is 20.8 Å². The first-order valence-corrected chi connectivity index (χ1v) is 15.7. The van der Waals surface area contributed by atoms with Gasteiger partial charge in [0.25, 0.3) is 5.56 Å². The standard InChI is InChI=1S/C34H34ClN3O3S/c1-24(32-36-31-13-9-8-12-30(31)33(39)38(32)28-18-16-27(35)17-19-28)37(23-22-25-10-6-5-7-11-25)42(40,41)29-20-14-26(15-21-29)34(2,3)4/h5-21,24H,22-23H2,1-4H3. The highest BCUT2D eigenvalue weighted by Gasteiger charge is 2.33. The summed E-state index contributed by atoms with van der Waals surface area (Å²) in [6, 6.07) is 30.0. The van der Waals surface area contributed by atoms with Gasteiger partial charge in [-0.15, -0.1) is 0 Å². The van der Waals surface area contributed by atoms with Gasteiger partial charge in [-0.2, -0.15) is 4.31 Å². The second-order valence-corrected chi connectivity index (χ2v) is 13.7. The van der Waals surface area contributed by atoms with Gasteiger partial charge in [-0.1, -0.05) is 87.0 Å². The number of halogens is 1. The lowest BCUT2D eigenvalue weighted by Gasteiger charge is -2.30. The summed E-state index contributed by atoms with van der Waals surface area (Å²) in [4.78, 5) is 19.0. The number of aromatic nitrogens is 2.